The molecule has 4 fully saturated rings. The van der Waals surface area contributed by atoms with E-state index in [1.165, 1.54) is 16.8 Å². The van der Waals surface area contributed by atoms with Gasteiger partial charge in [0.25, 0.3) is 11.8 Å². The van der Waals surface area contributed by atoms with Crippen LogP contribution >= 0.6 is 0 Å². The molecule has 3 N–H and O–H groups in total. The van der Waals surface area contributed by atoms with Crippen molar-refractivity contribution in [3.63, 3.8) is 0 Å². The number of halogens is 1. The Kier molecular flexibility index (Phi) is 11.0. The van der Waals surface area contributed by atoms with Crippen molar-refractivity contribution in [1.82, 2.24) is 34.5 Å². The molecule has 0 bridgehead atoms. The van der Waals surface area contributed by atoms with Gasteiger partial charge in [-0.3, -0.25) is 34.2 Å². The molecule has 5 aromatic rings. The standard InChI is InChI=1S/C45H51FN10O5/c1-45(2,60)35-24-37-29(22-38(35)49-43(58)40-9-7-33-21-28(25-47)26-48-56(33)40)27-55(51-37)32-5-3-30(4-6-32)52-17-19-53(20-18-52)31-13-15-54(16-14-31)39-10-8-34(23-36(39)46)61-41-11-12-42(57)50-44(41)59/h7-10,21-24,26-27,30-32,41,60H,3-6,11-20H2,1-2H3,(H,49,58)(H,50,57,59). The molecule has 6 heterocycles. The van der Waals surface area contributed by atoms with Gasteiger partial charge in [0.1, 0.15) is 23.3 Å². The largest absolute Gasteiger partial charge is 0.480 e. The number of benzene rings is 2. The summed E-state index contributed by atoms with van der Waals surface area (Å²) in [5.41, 5.74) is 2.49. The fourth-order valence-electron chi connectivity index (χ4n) is 9.70. The van der Waals surface area contributed by atoms with Crippen LogP contribution in [0.15, 0.2) is 60.9 Å². The van der Waals surface area contributed by atoms with E-state index in [9.17, 15) is 24.8 Å². The Bertz CT molecular complexity index is 2520. The van der Waals surface area contributed by atoms with Crippen molar-refractivity contribution < 1.29 is 28.6 Å². The number of aliphatic hydroxyl groups is 1. The van der Waals surface area contributed by atoms with E-state index in [4.69, 9.17) is 9.84 Å². The van der Waals surface area contributed by atoms with Crippen molar-refractivity contribution in [2.75, 3.05) is 49.5 Å². The summed E-state index contributed by atoms with van der Waals surface area (Å²) in [6.45, 7) is 9.05. The molecule has 2 aromatic carbocycles. The highest BCUT2D eigenvalue weighted by molar-refractivity contribution is 6.05. The Morgan fingerprint density at radius 1 is 0.918 bits per heavy atom. The number of anilines is 2. The van der Waals surface area contributed by atoms with Gasteiger partial charge in [0.05, 0.1) is 40.1 Å². The average molecular weight is 831 g/mol. The Labute approximate surface area is 353 Å². The third-order valence-corrected chi connectivity index (χ3v) is 13.0. The predicted octanol–water partition coefficient (Wildman–Crippen LogP) is 5.13. The molecule has 3 aliphatic heterocycles. The summed E-state index contributed by atoms with van der Waals surface area (Å²) in [5, 5.41) is 35.8. The summed E-state index contributed by atoms with van der Waals surface area (Å²) in [7, 11) is 0. The highest BCUT2D eigenvalue weighted by Crippen LogP contribution is 2.36. The molecule has 1 aliphatic carbocycles. The summed E-state index contributed by atoms with van der Waals surface area (Å²) >= 11 is 0. The van der Waals surface area contributed by atoms with E-state index >= 15 is 4.39 Å². The molecule has 0 radical (unpaired) electrons. The fraction of sp³-hybridized carbons (Fsp3) is 0.467. The first-order chi connectivity index (χ1) is 29.4. The number of hydrogen-bond donors (Lipinski definition) is 3. The molecular weight excluding hydrogens is 780 g/mol. The van der Waals surface area contributed by atoms with Crippen molar-refractivity contribution in [2.45, 2.75) is 95.0 Å². The summed E-state index contributed by atoms with van der Waals surface area (Å²) in [4.78, 5) is 44.4. The maximum atomic E-state index is 15.3. The number of carbonyl (C=O) groups excluding carboxylic acids is 3. The SMILES string of the molecule is CC(C)(O)c1cc2nn(C3CCC(N4CCN(C5CCN(c6ccc(OC7CCC(=O)NC7=O)cc6F)CC5)CC4)CC3)cc2cc1NC(=O)c1ccc2cc(C#N)cnn12. The van der Waals surface area contributed by atoms with Crippen molar-refractivity contribution in [3.05, 3.63) is 83.6 Å². The topological polar surface area (TPSA) is 173 Å². The van der Waals surface area contributed by atoms with E-state index in [0.717, 1.165) is 88.7 Å². The smallest absolute Gasteiger partial charge is 0.274 e. The van der Waals surface area contributed by atoms with Crippen LogP contribution in [0, 0.1) is 17.1 Å². The first-order valence-corrected chi connectivity index (χ1v) is 21.4. The second kappa shape index (κ2) is 16.5. The molecule has 318 valence electrons. The van der Waals surface area contributed by atoms with Crippen LogP contribution in [0.3, 0.4) is 0 Å². The zero-order chi connectivity index (χ0) is 42.4. The monoisotopic (exact) mass is 830 g/mol. The van der Waals surface area contributed by atoms with Gasteiger partial charge in [-0.25, -0.2) is 8.91 Å². The molecule has 3 saturated heterocycles. The minimum atomic E-state index is -1.24. The number of imide groups is 1. The minimum Gasteiger partial charge on any atom is -0.480 e. The van der Waals surface area contributed by atoms with Crippen LogP contribution in [-0.4, -0.2) is 109 Å². The maximum absolute atomic E-state index is 15.3. The molecule has 4 aliphatic rings. The van der Waals surface area contributed by atoms with Crippen LogP contribution in [0.2, 0.25) is 0 Å². The molecular formula is C45H51FN10O5. The lowest BCUT2D eigenvalue weighted by atomic mass is 9.89. The van der Waals surface area contributed by atoms with Crippen molar-refractivity contribution in [1.29, 1.82) is 5.26 Å². The van der Waals surface area contributed by atoms with Crippen LogP contribution in [0.5, 0.6) is 5.75 Å². The van der Waals surface area contributed by atoms with E-state index in [-0.39, 0.29) is 42.3 Å². The quantitative estimate of drug-likeness (QED) is 0.168. The van der Waals surface area contributed by atoms with Crippen LogP contribution in [0.4, 0.5) is 15.8 Å². The maximum Gasteiger partial charge on any atom is 0.274 e. The molecule has 15 nitrogen and oxygen atoms in total. The van der Waals surface area contributed by atoms with Gasteiger partial charge in [-0.05, 0) is 94.8 Å². The van der Waals surface area contributed by atoms with Gasteiger partial charge < -0.3 is 20.1 Å². The lowest BCUT2D eigenvalue weighted by Gasteiger charge is -2.46. The zero-order valence-corrected chi connectivity index (χ0v) is 34.5. The summed E-state index contributed by atoms with van der Waals surface area (Å²) in [5.74, 6) is -1.27. The number of nitriles is 1. The van der Waals surface area contributed by atoms with E-state index in [0.29, 0.717) is 45.8 Å². The van der Waals surface area contributed by atoms with Crippen LogP contribution in [0.25, 0.3) is 16.4 Å². The summed E-state index contributed by atoms with van der Waals surface area (Å²) in [6.07, 6.45) is 9.31. The Hall–Kier alpha value is -5.89. The summed E-state index contributed by atoms with van der Waals surface area (Å²) < 4.78 is 24.5. The molecule has 16 heteroatoms. The Morgan fingerprint density at radius 2 is 1.62 bits per heavy atom. The number of aromatic nitrogens is 4. The molecule has 9 rings (SSSR count). The van der Waals surface area contributed by atoms with Gasteiger partial charge in [-0.1, -0.05) is 0 Å². The third kappa shape index (κ3) is 8.42. The van der Waals surface area contributed by atoms with Gasteiger partial charge in [0.15, 0.2) is 6.10 Å². The second-order valence-corrected chi connectivity index (χ2v) is 17.4. The Morgan fingerprint density at radius 3 is 2.30 bits per heavy atom. The lowest BCUT2D eigenvalue weighted by molar-refractivity contribution is -0.138. The van der Waals surface area contributed by atoms with E-state index < -0.39 is 17.6 Å². The highest BCUT2D eigenvalue weighted by atomic mass is 19.1. The van der Waals surface area contributed by atoms with Crippen molar-refractivity contribution in [3.8, 4) is 11.8 Å². The van der Waals surface area contributed by atoms with Gasteiger partial charge >= 0.3 is 0 Å². The lowest BCUT2D eigenvalue weighted by Crippen LogP contribution is -2.55. The van der Waals surface area contributed by atoms with Crippen LogP contribution < -0.4 is 20.3 Å². The number of nitrogens with zero attached hydrogens (tertiary/aromatic N) is 8. The molecule has 1 atom stereocenters. The number of rotatable bonds is 9. The van der Waals surface area contributed by atoms with Crippen LogP contribution in [-0.2, 0) is 15.2 Å². The van der Waals surface area contributed by atoms with Crippen LogP contribution in [0.1, 0.15) is 92.9 Å². The third-order valence-electron chi connectivity index (χ3n) is 13.0. The highest BCUT2D eigenvalue weighted by Gasteiger charge is 2.34. The van der Waals surface area contributed by atoms with Gasteiger partial charge in [-0.15, -0.1) is 0 Å². The van der Waals surface area contributed by atoms with Gasteiger partial charge in [0.2, 0.25) is 5.91 Å². The molecule has 3 amide bonds. The predicted molar refractivity (Wildman–Crippen MR) is 226 cm³/mol. The second-order valence-electron chi connectivity index (χ2n) is 17.4. The van der Waals surface area contributed by atoms with Gasteiger partial charge in [0, 0.05) is 93.1 Å². The molecule has 1 saturated carbocycles. The number of fused-ring (bicyclic) bond motifs is 2. The van der Waals surface area contributed by atoms with Gasteiger partial charge in [-0.2, -0.15) is 15.5 Å². The zero-order valence-electron chi connectivity index (χ0n) is 34.5. The number of hydrogen-bond acceptors (Lipinski definition) is 11. The Balaban J connectivity index is 0.764. The minimum absolute atomic E-state index is 0.204. The number of piperidine rings is 2. The van der Waals surface area contributed by atoms with Crippen molar-refractivity contribution >= 4 is 45.5 Å². The average Bonchev–Trinajstić information content (AvgIpc) is 3.88. The van der Waals surface area contributed by atoms with Crippen molar-refractivity contribution in [2.24, 2.45) is 0 Å². The number of carbonyl (C=O) groups is 3. The molecule has 1 unspecified atom stereocenters. The number of amides is 3. The van der Waals surface area contributed by atoms with E-state index in [2.05, 4.69) is 41.2 Å². The summed E-state index contributed by atoms with van der Waals surface area (Å²) in [6, 6.07) is 16.9. The number of ether oxygens (including phenoxy) is 1. The molecule has 3 aromatic heterocycles. The number of piperazine rings is 1. The van der Waals surface area contributed by atoms with E-state index in [1.807, 2.05) is 18.3 Å². The number of nitrogens with one attached hydrogen (secondary N) is 2. The molecule has 61 heavy (non-hydrogen) atoms. The first-order valence-electron chi connectivity index (χ1n) is 21.4. The fourth-order valence-corrected chi connectivity index (χ4v) is 9.70. The molecule has 0 spiro atoms. The van der Waals surface area contributed by atoms with E-state index in [1.54, 1.807) is 44.2 Å². The first kappa shape index (κ1) is 40.5. The normalized spacial score (nSPS) is 22.3.